The third kappa shape index (κ3) is 3.44. The fourth-order valence-corrected chi connectivity index (χ4v) is 2.60. The first-order chi connectivity index (χ1) is 9.93. The van der Waals surface area contributed by atoms with Crippen molar-refractivity contribution in [3.8, 4) is 5.82 Å². The van der Waals surface area contributed by atoms with E-state index in [1.54, 1.807) is 0 Å². The summed E-state index contributed by atoms with van der Waals surface area (Å²) >= 11 is 6.24. The normalized spacial score (nSPS) is 11.4. The van der Waals surface area contributed by atoms with Crippen LogP contribution >= 0.6 is 11.6 Å². The molecule has 21 heavy (non-hydrogen) atoms. The van der Waals surface area contributed by atoms with Crippen molar-refractivity contribution < 1.29 is 0 Å². The van der Waals surface area contributed by atoms with Gasteiger partial charge in [0.15, 0.2) is 5.82 Å². The number of nitrogens with zero attached hydrogens (tertiary/aromatic N) is 3. The quantitative estimate of drug-likeness (QED) is 0.918. The molecule has 0 amide bonds. The highest BCUT2D eigenvalue weighted by atomic mass is 35.5. The van der Waals surface area contributed by atoms with E-state index in [1.165, 1.54) is 5.56 Å². The van der Waals surface area contributed by atoms with E-state index >= 15 is 0 Å². The topological polar surface area (TPSA) is 42.7 Å². The molecule has 0 aromatic carbocycles. The Hall–Kier alpha value is -1.39. The second-order valence-corrected chi connectivity index (χ2v) is 5.96. The van der Waals surface area contributed by atoms with Crippen molar-refractivity contribution in [2.45, 2.75) is 53.6 Å². The lowest BCUT2D eigenvalue weighted by Crippen LogP contribution is -2.23. The summed E-state index contributed by atoms with van der Waals surface area (Å²) in [5, 5.41) is 8.64. The van der Waals surface area contributed by atoms with Gasteiger partial charge in [0.1, 0.15) is 0 Å². The maximum absolute atomic E-state index is 6.24. The van der Waals surface area contributed by atoms with Crippen molar-refractivity contribution in [2.24, 2.45) is 0 Å². The van der Waals surface area contributed by atoms with Crippen LogP contribution in [0.1, 0.15) is 43.4 Å². The summed E-state index contributed by atoms with van der Waals surface area (Å²) < 4.78 is 1.91. The number of halogens is 1. The molecule has 0 atom stereocenters. The molecule has 2 heterocycles. The van der Waals surface area contributed by atoms with Gasteiger partial charge in [0.25, 0.3) is 0 Å². The van der Waals surface area contributed by atoms with Gasteiger partial charge in [-0.15, -0.1) is 0 Å². The minimum absolute atomic E-state index is 0.395. The van der Waals surface area contributed by atoms with Gasteiger partial charge in [-0.2, -0.15) is 5.10 Å². The predicted molar refractivity (Wildman–Crippen MR) is 87.2 cm³/mol. The second-order valence-electron chi connectivity index (χ2n) is 5.55. The third-order valence-corrected chi connectivity index (χ3v) is 3.94. The first-order valence-electron chi connectivity index (χ1n) is 7.38. The van der Waals surface area contributed by atoms with E-state index in [0.717, 1.165) is 29.3 Å². The summed E-state index contributed by atoms with van der Waals surface area (Å²) in [6.07, 6.45) is 0.979. The number of pyridine rings is 1. The molecule has 0 radical (unpaired) electrons. The monoisotopic (exact) mass is 306 g/mol. The average molecular weight is 307 g/mol. The van der Waals surface area contributed by atoms with Crippen LogP contribution in [0, 0.1) is 13.8 Å². The van der Waals surface area contributed by atoms with Crippen LogP contribution in [-0.4, -0.2) is 20.8 Å². The molecule has 0 bridgehead atoms. The molecule has 114 valence electrons. The summed E-state index contributed by atoms with van der Waals surface area (Å²) in [7, 11) is 0. The molecule has 2 rings (SSSR count). The summed E-state index contributed by atoms with van der Waals surface area (Å²) in [5.74, 6) is 0.820. The molecular formula is C16H23ClN4. The molecule has 5 heteroatoms. The number of hydrogen-bond donors (Lipinski definition) is 1. The largest absolute Gasteiger partial charge is 0.309 e. The van der Waals surface area contributed by atoms with E-state index in [0.29, 0.717) is 17.6 Å². The molecule has 1 N–H and O–H groups in total. The van der Waals surface area contributed by atoms with Crippen LogP contribution in [0.15, 0.2) is 12.1 Å². The summed E-state index contributed by atoms with van der Waals surface area (Å²) in [5.41, 5.74) is 4.35. The van der Waals surface area contributed by atoms with Gasteiger partial charge in [0.2, 0.25) is 0 Å². The number of rotatable bonds is 5. The first-order valence-corrected chi connectivity index (χ1v) is 7.76. The van der Waals surface area contributed by atoms with E-state index in [1.807, 2.05) is 23.7 Å². The van der Waals surface area contributed by atoms with Gasteiger partial charge in [-0.3, -0.25) is 0 Å². The fraction of sp³-hybridized carbons (Fsp3) is 0.500. The van der Waals surface area contributed by atoms with Gasteiger partial charge in [-0.25, -0.2) is 9.67 Å². The Morgan fingerprint density at radius 2 is 2.00 bits per heavy atom. The molecule has 4 nitrogen and oxygen atoms in total. The first kappa shape index (κ1) is 16.0. The van der Waals surface area contributed by atoms with Crippen LogP contribution < -0.4 is 5.32 Å². The van der Waals surface area contributed by atoms with Crippen molar-refractivity contribution >= 4 is 11.6 Å². The molecule has 0 aliphatic rings. The van der Waals surface area contributed by atoms with Gasteiger partial charge in [-0.05, 0) is 38.0 Å². The van der Waals surface area contributed by atoms with Gasteiger partial charge >= 0.3 is 0 Å². The van der Waals surface area contributed by atoms with Crippen LogP contribution in [0.4, 0.5) is 0 Å². The lowest BCUT2D eigenvalue weighted by molar-refractivity contribution is 0.580. The van der Waals surface area contributed by atoms with Crippen LogP contribution in [0.2, 0.25) is 5.02 Å². The fourth-order valence-electron chi connectivity index (χ4n) is 2.43. The maximum atomic E-state index is 6.24. The minimum atomic E-state index is 0.395. The minimum Gasteiger partial charge on any atom is -0.309 e. The predicted octanol–water partition coefficient (Wildman–Crippen LogP) is 3.60. The van der Waals surface area contributed by atoms with Crippen molar-refractivity contribution in [1.82, 2.24) is 20.1 Å². The van der Waals surface area contributed by atoms with Crippen molar-refractivity contribution in [2.75, 3.05) is 0 Å². The lowest BCUT2D eigenvalue weighted by Gasteiger charge is -2.11. The van der Waals surface area contributed by atoms with Crippen LogP contribution in [0.3, 0.4) is 0 Å². The Labute approximate surface area is 131 Å². The SMILES string of the molecule is CCc1c(C)nn(-c2ccc(Cl)c(CNC(C)C)n2)c1C. The lowest BCUT2D eigenvalue weighted by atomic mass is 10.1. The second kappa shape index (κ2) is 6.58. The van der Waals surface area contributed by atoms with E-state index < -0.39 is 0 Å². The van der Waals surface area contributed by atoms with E-state index in [9.17, 15) is 0 Å². The summed E-state index contributed by atoms with van der Waals surface area (Å²) in [6, 6.07) is 4.20. The summed E-state index contributed by atoms with van der Waals surface area (Å²) in [4.78, 5) is 4.67. The molecule has 0 fully saturated rings. The molecule has 0 spiro atoms. The van der Waals surface area contributed by atoms with E-state index in [2.05, 4.69) is 43.1 Å². The summed E-state index contributed by atoms with van der Waals surface area (Å²) in [6.45, 7) is 11.1. The molecule has 2 aromatic heterocycles. The molecule has 0 saturated heterocycles. The highest BCUT2D eigenvalue weighted by Crippen LogP contribution is 2.20. The van der Waals surface area contributed by atoms with Crippen LogP contribution in [-0.2, 0) is 13.0 Å². The van der Waals surface area contributed by atoms with Crippen molar-refractivity contribution in [3.63, 3.8) is 0 Å². The van der Waals surface area contributed by atoms with E-state index in [4.69, 9.17) is 11.6 Å². The molecular weight excluding hydrogens is 284 g/mol. The zero-order valence-corrected chi connectivity index (χ0v) is 14.1. The van der Waals surface area contributed by atoms with Crippen LogP contribution in [0.5, 0.6) is 0 Å². The number of nitrogens with one attached hydrogen (secondary N) is 1. The molecule has 0 aliphatic heterocycles. The Bertz CT molecular complexity index is 631. The Balaban J connectivity index is 2.39. The smallest absolute Gasteiger partial charge is 0.154 e. The number of aryl methyl sites for hydroxylation is 1. The Morgan fingerprint density at radius 1 is 1.29 bits per heavy atom. The Kier molecular flexibility index (Phi) is 5.01. The molecule has 0 unspecified atom stereocenters. The van der Waals surface area contributed by atoms with E-state index in [-0.39, 0.29) is 0 Å². The van der Waals surface area contributed by atoms with Gasteiger partial charge in [0, 0.05) is 18.3 Å². The zero-order chi connectivity index (χ0) is 15.6. The highest BCUT2D eigenvalue weighted by molar-refractivity contribution is 6.31. The van der Waals surface area contributed by atoms with Gasteiger partial charge in [0.05, 0.1) is 16.4 Å². The zero-order valence-electron chi connectivity index (χ0n) is 13.4. The Morgan fingerprint density at radius 3 is 2.57 bits per heavy atom. The van der Waals surface area contributed by atoms with Crippen LogP contribution in [0.25, 0.3) is 5.82 Å². The number of hydrogen-bond acceptors (Lipinski definition) is 3. The molecule has 2 aromatic rings. The van der Waals surface area contributed by atoms with Crippen molar-refractivity contribution in [3.05, 3.63) is 39.8 Å². The molecule has 0 aliphatic carbocycles. The van der Waals surface area contributed by atoms with Crippen molar-refractivity contribution in [1.29, 1.82) is 0 Å². The highest BCUT2D eigenvalue weighted by Gasteiger charge is 2.13. The average Bonchev–Trinajstić information content (AvgIpc) is 2.72. The molecule has 0 saturated carbocycles. The number of aromatic nitrogens is 3. The third-order valence-electron chi connectivity index (χ3n) is 3.59. The standard InChI is InChI=1S/C16H23ClN4/c1-6-13-11(4)20-21(12(13)5)16-8-7-14(17)15(19-16)9-18-10(2)3/h7-8,10,18H,6,9H2,1-5H3. The maximum Gasteiger partial charge on any atom is 0.154 e. The van der Waals surface area contributed by atoms with Gasteiger partial charge in [-0.1, -0.05) is 32.4 Å². The van der Waals surface area contributed by atoms with Gasteiger partial charge < -0.3 is 5.32 Å².